The van der Waals surface area contributed by atoms with Gasteiger partial charge in [0.2, 0.25) is 0 Å². The molecule has 1 aromatic heterocycles. The summed E-state index contributed by atoms with van der Waals surface area (Å²) in [6.45, 7) is 0. The molecule has 0 saturated heterocycles. The number of fused-ring (bicyclic) bond motifs is 1. The second-order valence-electron chi connectivity index (χ2n) is 3.09. The maximum absolute atomic E-state index is 5.92. The summed E-state index contributed by atoms with van der Waals surface area (Å²) >= 11 is 5.92. The van der Waals surface area contributed by atoms with Crippen molar-refractivity contribution < 1.29 is 0 Å². The summed E-state index contributed by atoms with van der Waals surface area (Å²) in [4.78, 5) is 8.09. The van der Waals surface area contributed by atoms with E-state index in [1.165, 1.54) is 6.33 Å². The van der Waals surface area contributed by atoms with Gasteiger partial charge in [-0.3, -0.25) is 0 Å². The zero-order valence-electron chi connectivity index (χ0n) is 7.07. The van der Waals surface area contributed by atoms with E-state index >= 15 is 0 Å². The highest BCUT2D eigenvalue weighted by Crippen LogP contribution is 2.21. The zero-order valence-corrected chi connectivity index (χ0v) is 7.83. The molecule has 1 aliphatic rings. The summed E-state index contributed by atoms with van der Waals surface area (Å²) in [6, 6.07) is 0.102. The Kier molecular flexibility index (Phi) is 2.29. The average Bonchev–Trinajstić information content (AvgIpc) is 2.30. The summed E-state index contributed by atoms with van der Waals surface area (Å²) in [5, 5.41) is 0.510. The first-order chi connectivity index (χ1) is 6.27. The van der Waals surface area contributed by atoms with Crippen LogP contribution in [0.4, 0.5) is 0 Å². The molecule has 0 spiro atoms. The summed E-state index contributed by atoms with van der Waals surface area (Å²) < 4.78 is 0. The number of hydrogen-bond donors (Lipinski definition) is 1. The maximum atomic E-state index is 5.92. The molecule has 1 atom stereocenters. The molecule has 13 heavy (non-hydrogen) atoms. The van der Waals surface area contributed by atoms with Crippen molar-refractivity contribution in [2.75, 3.05) is 0 Å². The number of aryl methyl sites for hydroxylation is 1. The average molecular weight is 196 g/mol. The highest BCUT2D eigenvalue weighted by Gasteiger charge is 2.11. The molecule has 3 nitrogen and oxygen atoms in total. The van der Waals surface area contributed by atoms with Crippen LogP contribution in [0.15, 0.2) is 12.4 Å². The molecule has 1 aliphatic carbocycles. The molecule has 0 aromatic carbocycles. The van der Waals surface area contributed by atoms with E-state index in [0.717, 1.165) is 24.1 Å². The Hall–Kier alpha value is -0.930. The number of halogens is 1. The Morgan fingerprint density at radius 1 is 1.46 bits per heavy atom. The maximum Gasteiger partial charge on any atom is 0.139 e. The third-order valence-corrected chi connectivity index (χ3v) is 2.44. The van der Waals surface area contributed by atoms with Gasteiger partial charge in [-0.1, -0.05) is 23.8 Å². The molecule has 0 fully saturated rings. The van der Waals surface area contributed by atoms with E-state index in [1.54, 1.807) is 0 Å². The Bertz CT molecular complexity index is 349. The predicted octanol–water partition coefficient (Wildman–Crippen LogP) is 1.42. The molecular weight excluding hydrogens is 186 g/mol. The Labute approximate surface area is 81.6 Å². The normalized spacial score (nSPS) is 20.9. The molecule has 0 saturated carbocycles. The van der Waals surface area contributed by atoms with E-state index in [2.05, 4.69) is 9.97 Å². The second kappa shape index (κ2) is 3.44. The number of nitrogens with zero attached hydrogens (tertiary/aromatic N) is 2. The lowest BCUT2D eigenvalue weighted by Crippen LogP contribution is -2.16. The van der Waals surface area contributed by atoms with Crippen LogP contribution in [0, 0.1) is 0 Å². The van der Waals surface area contributed by atoms with Crippen LogP contribution in [0.25, 0.3) is 6.08 Å². The molecule has 0 bridgehead atoms. The van der Waals surface area contributed by atoms with Gasteiger partial charge in [0.25, 0.3) is 0 Å². The molecule has 2 N–H and O–H groups in total. The van der Waals surface area contributed by atoms with Crippen molar-refractivity contribution in [1.82, 2.24) is 9.97 Å². The van der Waals surface area contributed by atoms with Crippen molar-refractivity contribution in [2.24, 2.45) is 5.73 Å². The first-order valence-electron chi connectivity index (χ1n) is 4.20. The number of aromatic nitrogens is 2. The van der Waals surface area contributed by atoms with Crippen LogP contribution < -0.4 is 5.73 Å². The molecule has 0 amide bonds. The zero-order chi connectivity index (χ0) is 9.26. The molecular formula is C9H10ClN3. The van der Waals surface area contributed by atoms with Crippen molar-refractivity contribution in [1.29, 1.82) is 0 Å². The van der Waals surface area contributed by atoms with Gasteiger partial charge >= 0.3 is 0 Å². The van der Waals surface area contributed by atoms with Crippen LogP contribution in [0.2, 0.25) is 5.15 Å². The largest absolute Gasteiger partial charge is 0.324 e. The number of nitrogens with two attached hydrogens (primary N) is 1. The van der Waals surface area contributed by atoms with Crippen LogP contribution in [0.1, 0.15) is 17.7 Å². The van der Waals surface area contributed by atoms with Crippen molar-refractivity contribution in [3.05, 3.63) is 28.8 Å². The highest BCUT2D eigenvalue weighted by atomic mass is 35.5. The van der Waals surface area contributed by atoms with Gasteiger partial charge in [-0.15, -0.1) is 0 Å². The van der Waals surface area contributed by atoms with Gasteiger partial charge in [0.05, 0.1) is 5.69 Å². The van der Waals surface area contributed by atoms with Crippen LogP contribution in [-0.2, 0) is 6.42 Å². The van der Waals surface area contributed by atoms with E-state index in [9.17, 15) is 0 Å². The Morgan fingerprint density at radius 3 is 3.15 bits per heavy atom. The highest BCUT2D eigenvalue weighted by molar-refractivity contribution is 6.30. The molecule has 68 valence electrons. The minimum Gasteiger partial charge on any atom is -0.324 e. The smallest absolute Gasteiger partial charge is 0.139 e. The molecule has 4 heteroatoms. The SMILES string of the molecule is NC1C=Cc2c(Cl)ncnc2CC1. The summed E-state index contributed by atoms with van der Waals surface area (Å²) in [5.74, 6) is 0. The fraction of sp³-hybridized carbons (Fsp3) is 0.333. The van der Waals surface area contributed by atoms with Crippen molar-refractivity contribution >= 4 is 17.7 Å². The minimum absolute atomic E-state index is 0.102. The van der Waals surface area contributed by atoms with Crippen molar-refractivity contribution in [2.45, 2.75) is 18.9 Å². The van der Waals surface area contributed by atoms with E-state index in [1.807, 2.05) is 12.2 Å². The fourth-order valence-electron chi connectivity index (χ4n) is 1.39. The standard InChI is InChI=1S/C9H10ClN3/c10-9-7-3-1-6(11)2-4-8(7)12-5-13-9/h1,3,5-6H,2,4,11H2. The van der Waals surface area contributed by atoms with Crippen molar-refractivity contribution in [3.8, 4) is 0 Å². The van der Waals surface area contributed by atoms with E-state index < -0.39 is 0 Å². The van der Waals surface area contributed by atoms with Gasteiger partial charge in [-0.05, 0) is 12.8 Å². The first kappa shape index (κ1) is 8.66. The van der Waals surface area contributed by atoms with Gasteiger partial charge in [-0.25, -0.2) is 9.97 Å². The number of rotatable bonds is 0. The first-order valence-corrected chi connectivity index (χ1v) is 4.58. The Balaban J connectivity index is 2.47. The molecule has 2 rings (SSSR count). The van der Waals surface area contributed by atoms with Gasteiger partial charge in [0.1, 0.15) is 11.5 Å². The topological polar surface area (TPSA) is 51.8 Å². The predicted molar refractivity (Wildman–Crippen MR) is 52.4 cm³/mol. The second-order valence-corrected chi connectivity index (χ2v) is 3.44. The van der Waals surface area contributed by atoms with Crippen LogP contribution >= 0.6 is 11.6 Å². The number of hydrogen-bond acceptors (Lipinski definition) is 3. The van der Waals surface area contributed by atoms with E-state index in [0.29, 0.717) is 5.15 Å². The van der Waals surface area contributed by atoms with Gasteiger partial charge in [0.15, 0.2) is 0 Å². The van der Waals surface area contributed by atoms with E-state index in [-0.39, 0.29) is 6.04 Å². The monoisotopic (exact) mass is 195 g/mol. The van der Waals surface area contributed by atoms with E-state index in [4.69, 9.17) is 17.3 Å². The third kappa shape index (κ3) is 1.71. The molecule has 1 aromatic rings. The third-order valence-electron chi connectivity index (χ3n) is 2.14. The lowest BCUT2D eigenvalue weighted by molar-refractivity contribution is 0.715. The summed E-state index contributed by atoms with van der Waals surface area (Å²) in [7, 11) is 0. The lowest BCUT2D eigenvalue weighted by atomic mass is 10.1. The summed E-state index contributed by atoms with van der Waals surface area (Å²) in [5.41, 5.74) is 7.69. The van der Waals surface area contributed by atoms with Crippen LogP contribution in [0.3, 0.4) is 0 Å². The Morgan fingerprint density at radius 2 is 2.31 bits per heavy atom. The molecule has 0 aliphatic heterocycles. The fourth-order valence-corrected chi connectivity index (χ4v) is 1.61. The molecule has 1 heterocycles. The van der Waals surface area contributed by atoms with Crippen LogP contribution in [0.5, 0.6) is 0 Å². The molecule has 1 unspecified atom stereocenters. The van der Waals surface area contributed by atoms with Gasteiger partial charge in [0, 0.05) is 11.6 Å². The van der Waals surface area contributed by atoms with Gasteiger partial charge < -0.3 is 5.73 Å². The minimum atomic E-state index is 0.102. The summed E-state index contributed by atoms with van der Waals surface area (Å²) in [6.07, 6.45) is 7.13. The van der Waals surface area contributed by atoms with Crippen LogP contribution in [-0.4, -0.2) is 16.0 Å². The van der Waals surface area contributed by atoms with Crippen molar-refractivity contribution in [3.63, 3.8) is 0 Å². The lowest BCUT2D eigenvalue weighted by Gasteiger charge is -2.03. The van der Waals surface area contributed by atoms with Gasteiger partial charge in [-0.2, -0.15) is 0 Å². The molecule has 0 radical (unpaired) electrons. The quantitative estimate of drug-likeness (QED) is 0.637.